The van der Waals surface area contributed by atoms with Crippen LogP contribution in [0.25, 0.3) is 11.6 Å². The van der Waals surface area contributed by atoms with Crippen molar-refractivity contribution in [3.05, 3.63) is 65.2 Å². The Bertz CT molecular complexity index is 1530. The monoisotopic (exact) mass is 718 g/mol. The molecule has 0 unspecified atom stereocenters. The minimum absolute atomic E-state index is 0.0768. The number of nitrogens with two attached hydrogens (primary N) is 4. The summed E-state index contributed by atoms with van der Waals surface area (Å²) in [7, 11) is 0. The number of anilines is 1. The maximum absolute atomic E-state index is 13.8. The van der Waals surface area contributed by atoms with Crippen molar-refractivity contribution in [2.24, 2.45) is 22.9 Å². The smallest absolute Gasteiger partial charge is 0.243 e. The molecule has 11 N–H and O–H groups in total. The van der Waals surface area contributed by atoms with Crippen LogP contribution in [0, 0.1) is 0 Å². The van der Waals surface area contributed by atoms with Gasteiger partial charge in [0.05, 0.1) is 12.2 Å². The number of amides is 5. The van der Waals surface area contributed by atoms with E-state index in [0.29, 0.717) is 71.1 Å². The number of carbonyl (C=O) groups is 5. The van der Waals surface area contributed by atoms with Gasteiger partial charge in [0.1, 0.15) is 18.1 Å². The first-order valence-corrected chi connectivity index (χ1v) is 18.6. The number of allylic oxidation sites excluding steroid dienone is 1. The van der Waals surface area contributed by atoms with Crippen molar-refractivity contribution in [2.75, 3.05) is 24.5 Å². The second kappa shape index (κ2) is 22.4. The normalized spacial score (nSPS) is 15.0. The number of para-hydroxylation sites is 1. The maximum atomic E-state index is 13.8. The highest BCUT2D eigenvalue weighted by Gasteiger charge is 2.29. The molecule has 13 heteroatoms. The van der Waals surface area contributed by atoms with Gasteiger partial charge in [0.2, 0.25) is 29.5 Å². The number of primary amides is 1. The number of fused-ring (bicyclic) bond motifs is 2. The molecule has 0 bridgehead atoms. The van der Waals surface area contributed by atoms with E-state index in [2.05, 4.69) is 35.0 Å². The molecular weight excluding hydrogens is 660 g/mol. The highest BCUT2D eigenvalue weighted by molar-refractivity contribution is 6.00. The summed E-state index contributed by atoms with van der Waals surface area (Å²) in [6.07, 6.45) is 7.25. The van der Waals surface area contributed by atoms with Crippen molar-refractivity contribution < 1.29 is 24.0 Å². The first-order valence-electron chi connectivity index (χ1n) is 18.6. The Morgan fingerprint density at radius 1 is 0.692 bits per heavy atom. The Hall–Kier alpha value is -4.59. The van der Waals surface area contributed by atoms with Gasteiger partial charge in [0, 0.05) is 12.8 Å². The fraction of sp³-hybridized carbons (Fsp3) is 0.513. The van der Waals surface area contributed by atoms with Crippen molar-refractivity contribution in [1.29, 1.82) is 0 Å². The van der Waals surface area contributed by atoms with Crippen molar-refractivity contribution in [3.8, 4) is 0 Å². The van der Waals surface area contributed by atoms with Gasteiger partial charge in [-0.3, -0.25) is 24.0 Å². The van der Waals surface area contributed by atoms with Crippen LogP contribution in [0.1, 0.15) is 101 Å². The predicted octanol–water partition coefficient (Wildman–Crippen LogP) is 2.59. The summed E-state index contributed by atoms with van der Waals surface area (Å²) >= 11 is 0. The Balaban J connectivity index is 1.73. The third-order valence-corrected chi connectivity index (χ3v) is 9.28. The fourth-order valence-electron chi connectivity index (χ4n) is 6.33. The largest absolute Gasteiger partial charge is 0.368 e. The molecule has 0 aromatic heterocycles. The molecule has 3 rings (SSSR count). The first-order chi connectivity index (χ1) is 25.1. The van der Waals surface area contributed by atoms with E-state index in [9.17, 15) is 24.0 Å². The molecule has 13 nitrogen and oxygen atoms in total. The van der Waals surface area contributed by atoms with E-state index in [0.717, 1.165) is 28.8 Å². The van der Waals surface area contributed by atoms with Crippen LogP contribution in [0.3, 0.4) is 0 Å². The molecular formula is C39H58N8O5. The topological polar surface area (TPSA) is 229 Å². The molecule has 2 aromatic carbocycles. The summed E-state index contributed by atoms with van der Waals surface area (Å²) in [5.41, 5.74) is 27.5. The second-order valence-corrected chi connectivity index (χ2v) is 13.2. The van der Waals surface area contributed by atoms with Gasteiger partial charge in [0.15, 0.2) is 0 Å². The quantitative estimate of drug-likeness (QED) is 0.0893. The van der Waals surface area contributed by atoms with Crippen molar-refractivity contribution in [1.82, 2.24) is 16.0 Å². The number of rotatable bonds is 22. The lowest BCUT2D eigenvalue weighted by atomic mass is 9.93. The summed E-state index contributed by atoms with van der Waals surface area (Å²) in [5, 5.41) is 8.27. The van der Waals surface area contributed by atoms with Crippen LogP contribution in [0.5, 0.6) is 0 Å². The molecule has 2 aromatic rings. The zero-order valence-corrected chi connectivity index (χ0v) is 30.5. The van der Waals surface area contributed by atoms with Crippen LogP contribution in [0.15, 0.2) is 48.5 Å². The predicted molar refractivity (Wildman–Crippen MR) is 205 cm³/mol. The van der Waals surface area contributed by atoms with E-state index in [1.54, 1.807) is 4.90 Å². The first kappa shape index (κ1) is 41.8. The van der Waals surface area contributed by atoms with Gasteiger partial charge >= 0.3 is 0 Å². The average molecular weight is 719 g/mol. The zero-order chi connectivity index (χ0) is 37.9. The van der Waals surface area contributed by atoms with E-state index in [1.165, 1.54) is 5.57 Å². The summed E-state index contributed by atoms with van der Waals surface area (Å²) in [5.74, 6) is -2.45. The van der Waals surface area contributed by atoms with Crippen LogP contribution in [-0.4, -0.2) is 67.3 Å². The van der Waals surface area contributed by atoms with E-state index in [-0.39, 0.29) is 31.6 Å². The van der Waals surface area contributed by atoms with Gasteiger partial charge in [-0.05, 0) is 118 Å². The molecule has 0 saturated carbocycles. The molecule has 0 fully saturated rings. The molecule has 0 radical (unpaired) electrons. The van der Waals surface area contributed by atoms with Gasteiger partial charge < -0.3 is 43.8 Å². The Morgan fingerprint density at radius 2 is 1.23 bits per heavy atom. The van der Waals surface area contributed by atoms with Crippen LogP contribution in [-0.2, 0) is 30.5 Å². The molecule has 1 aliphatic rings. The average Bonchev–Trinajstić information content (AvgIpc) is 3.13. The summed E-state index contributed by atoms with van der Waals surface area (Å²) in [4.78, 5) is 68.0. The number of hydrogen-bond acceptors (Lipinski definition) is 8. The van der Waals surface area contributed by atoms with Gasteiger partial charge in [-0.2, -0.15) is 0 Å². The molecule has 284 valence electrons. The van der Waals surface area contributed by atoms with Crippen molar-refractivity contribution in [3.63, 3.8) is 0 Å². The Labute approximate surface area is 307 Å². The molecule has 0 saturated heterocycles. The van der Waals surface area contributed by atoms with Crippen LogP contribution in [0.2, 0.25) is 0 Å². The van der Waals surface area contributed by atoms with E-state index >= 15 is 0 Å². The van der Waals surface area contributed by atoms with Gasteiger partial charge in [-0.25, -0.2) is 0 Å². The summed E-state index contributed by atoms with van der Waals surface area (Å²) in [6.45, 7) is 3.73. The number of nitrogens with zero attached hydrogens (tertiary/aromatic N) is 1. The third-order valence-electron chi connectivity index (χ3n) is 9.28. The third kappa shape index (κ3) is 12.9. The molecule has 0 aliphatic carbocycles. The van der Waals surface area contributed by atoms with Crippen LogP contribution < -0.4 is 43.8 Å². The fourth-order valence-corrected chi connectivity index (χ4v) is 6.33. The maximum Gasteiger partial charge on any atom is 0.243 e. The second-order valence-electron chi connectivity index (χ2n) is 13.2. The van der Waals surface area contributed by atoms with E-state index in [4.69, 9.17) is 22.9 Å². The lowest BCUT2D eigenvalue weighted by molar-refractivity contribution is -0.133. The Morgan fingerprint density at radius 3 is 1.83 bits per heavy atom. The number of nitrogens with one attached hydrogen (secondary N) is 3. The molecule has 3 atom stereocenters. The molecule has 0 spiro atoms. The van der Waals surface area contributed by atoms with Gasteiger partial charge in [-0.15, -0.1) is 0 Å². The highest BCUT2D eigenvalue weighted by Crippen LogP contribution is 2.34. The van der Waals surface area contributed by atoms with Gasteiger partial charge in [-0.1, -0.05) is 49.4 Å². The molecule has 1 heterocycles. The number of hydrogen-bond donors (Lipinski definition) is 7. The standard InChI is InChI=1S/C39H58N8O5/c1-2-27-25-28-13-4-6-19-34(28)47(26-29-14-3-5-15-30(27)29)36(49)21-20-35(48)44-32(17-8-11-23-41)38(51)46-33(18-9-12-24-42)39(52)45-31(37(43)50)16-7-10-22-40/h3-6,13-15,19,25,31-33H,2,7-12,16-18,20-24,26,40-42H2,1H3,(H2,43,50)(H,44,48)(H,45,52)(H,46,51)/b27-25-/t31-,32-,33-/m0/s1. The number of carbonyl (C=O) groups excluding carboxylic acids is 5. The SMILES string of the molecule is CC/C1=C/c2ccccc2N(C(=O)CCC(=O)N[C@@H](CCCCN)C(=O)N[C@@H](CCCCN)C(=O)N[C@@H](CCCCN)C(N)=O)Cc2ccccc21. The van der Waals surface area contributed by atoms with Crippen molar-refractivity contribution >= 4 is 46.9 Å². The Kier molecular flexibility index (Phi) is 18.0. The summed E-state index contributed by atoms with van der Waals surface area (Å²) < 4.78 is 0. The van der Waals surface area contributed by atoms with Crippen LogP contribution in [0.4, 0.5) is 5.69 Å². The van der Waals surface area contributed by atoms with Crippen molar-refractivity contribution in [2.45, 2.75) is 109 Å². The van der Waals surface area contributed by atoms with Gasteiger partial charge in [0.25, 0.3) is 0 Å². The molecule has 1 aliphatic heterocycles. The molecule has 5 amide bonds. The lowest BCUT2D eigenvalue weighted by Gasteiger charge is -2.28. The number of benzene rings is 2. The number of unbranched alkanes of at least 4 members (excludes halogenated alkanes) is 3. The molecule has 52 heavy (non-hydrogen) atoms. The van der Waals surface area contributed by atoms with E-state index in [1.807, 2.05) is 42.5 Å². The van der Waals surface area contributed by atoms with Crippen LogP contribution >= 0.6 is 0 Å². The van der Waals surface area contributed by atoms with E-state index < -0.39 is 41.8 Å². The zero-order valence-electron chi connectivity index (χ0n) is 30.5. The lowest BCUT2D eigenvalue weighted by Crippen LogP contribution is -2.56. The minimum Gasteiger partial charge on any atom is -0.368 e. The minimum atomic E-state index is -0.983. The highest BCUT2D eigenvalue weighted by atomic mass is 16.2. The summed E-state index contributed by atoms with van der Waals surface area (Å²) in [6, 6.07) is 12.9.